The number of carbonyl (C=O) groups is 1. The Hall–Kier alpha value is -1.84. The average molecular weight is 372 g/mol. The van der Waals surface area contributed by atoms with Gasteiger partial charge in [0.25, 0.3) is 0 Å². The molecule has 4 heteroatoms. The third kappa shape index (κ3) is 5.09. The Morgan fingerprint density at radius 2 is 1.88 bits per heavy atom. The fourth-order valence-electron chi connectivity index (χ4n) is 3.66. The molecule has 3 nitrogen and oxygen atoms in total. The van der Waals surface area contributed by atoms with Crippen LogP contribution in [0.2, 0.25) is 5.02 Å². The smallest absolute Gasteiger partial charge is 0.310 e. The molecule has 138 valence electrons. The summed E-state index contributed by atoms with van der Waals surface area (Å²) in [5.74, 6) is 0.00121. The van der Waals surface area contributed by atoms with Gasteiger partial charge in [-0.3, -0.25) is 4.79 Å². The van der Waals surface area contributed by atoms with E-state index in [1.54, 1.807) is 0 Å². The van der Waals surface area contributed by atoms with Crippen molar-refractivity contribution in [3.8, 4) is 0 Å². The van der Waals surface area contributed by atoms with Crippen LogP contribution in [-0.4, -0.2) is 37.6 Å². The molecule has 0 spiro atoms. The maximum atomic E-state index is 12.7. The van der Waals surface area contributed by atoms with E-state index in [4.69, 9.17) is 16.3 Å². The third-order valence-electron chi connectivity index (χ3n) is 5.11. The monoisotopic (exact) mass is 371 g/mol. The minimum Gasteiger partial charge on any atom is -0.465 e. The Morgan fingerprint density at radius 3 is 2.62 bits per heavy atom. The molecule has 2 aromatic carbocycles. The fourth-order valence-corrected chi connectivity index (χ4v) is 3.79. The van der Waals surface area contributed by atoms with E-state index in [-0.39, 0.29) is 17.8 Å². The van der Waals surface area contributed by atoms with Crippen LogP contribution in [0, 0.1) is 5.92 Å². The molecule has 0 radical (unpaired) electrons. The van der Waals surface area contributed by atoms with Crippen LogP contribution < -0.4 is 0 Å². The van der Waals surface area contributed by atoms with Gasteiger partial charge in [-0.1, -0.05) is 54.1 Å². The van der Waals surface area contributed by atoms with Crippen LogP contribution in [0.5, 0.6) is 0 Å². The molecule has 1 aliphatic heterocycles. The number of benzene rings is 2. The first-order valence-electron chi connectivity index (χ1n) is 9.28. The van der Waals surface area contributed by atoms with Gasteiger partial charge in [0.15, 0.2) is 0 Å². The quantitative estimate of drug-likeness (QED) is 0.551. The molecule has 2 aromatic rings. The number of nitrogens with zero attached hydrogens (tertiary/aromatic N) is 1. The zero-order valence-corrected chi connectivity index (χ0v) is 16.0. The molecule has 26 heavy (non-hydrogen) atoms. The SMILES string of the molecule is CN1CCC(c2ccc(Cl)cc2)C(C(=O)OCCCc2ccccc2)C1. The lowest BCUT2D eigenvalue weighted by Crippen LogP contribution is -2.41. The van der Waals surface area contributed by atoms with E-state index in [2.05, 4.69) is 24.1 Å². The first kappa shape index (κ1) is 18.9. The molecule has 0 bridgehead atoms. The zero-order valence-electron chi connectivity index (χ0n) is 15.2. The highest BCUT2D eigenvalue weighted by Gasteiger charge is 2.35. The summed E-state index contributed by atoms with van der Waals surface area (Å²) in [5, 5.41) is 0.724. The van der Waals surface area contributed by atoms with E-state index < -0.39 is 0 Å². The zero-order chi connectivity index (χ0) is 18.4. The number of esters is 1. The highest BCUT2D eigenvalue weighted by Crippen LogP contribution is 2.34. The molecular weight excluding hydrogens is 346 g/mol. The van der Waals surface area contributed by atoms with Gasteiger partial charge in [0.2, 0.25) is 0 Å². The van der Waals surface area contributed by atoms with Crippen molar-refractivity contribution in [2.75, 3.05) is 26.7 Å². The molecule has 0 aliphatic carbocycles. The van der Waals surface area contributed by atoms with Crippen LogP contribution in [-0.2, 0) is 16.0 Å². The fraction of sp³-hybridized carbons (Fsp3) is 0.409. The number of rotatable bonds is 6. The number of halogens is 1. The largest absolute Gasteiger partial charge is 0.465 e. The summed E-state index contributed by atoms with van der Waals surface area (Å²) < 4.78 is 5.64. The molecule has 0 amide bonds. The van der Waals surface area contributed by atoms with E-state index in [0.717, 1.165) is 37.4 Å². The predicted octanol–water partition coefficient (Wildman–Crippen LogP) is 4.55. The molecule has 2 atom stereocenters. The highest BCUT2D eigenvalue weighted by molar-refractivity contribution is 6.30. The molecule has 1 aliphatic rings. The van der Waals surface area contributed by atoms with Crippen LogP contribution in [0.25, 0.3) is 0 Å². The normalized spacial score (nSPS) is 20.7. The van der Waals surface area contributed by atoms with Crippen LogP contribution in [0.15, 0.2) is 54.6 Å². The van der Waals surface area contributed by atoms with Crippen molar-refractivity contribution in [1.29, 1.82) is 0 Å². The number of hydrogen-bond acceptors (Lipinski definition) is 3. The van der Waals surface area contributed by atoms with Crippen LogP contribution in [0.3, 0.4) is 0 Å². The third-order valence-corrected chi connectivity index (χ3v) is 5.37. The standard InChI is InChI=1S/C22H26ClNO2/c1-24-14-13-20(18-9-11-19(23)12-10-18)21(16-24)22(25)26-15-5-8-17-6-3-2-4-7-17/h2-4,6-7,9-12,20-21H,5,8,13-16H2,1H3. The Balaban J connectivity index is 1.56. The summed E-state index contributed by atoms with van der Waals surface area (Å²) in [6, 6.07) is 18.2. The van der Waals surface area contributed by atoms with Crippen molar-refractivity contribution in [2.24, 2.45) is 5.92 Å². The van der Waals surface area contributed by atoms with E-state index in [1.807, 2.05) is 42.5 Å². The second-order valence-corrected chi connectivity index (χ2v) is 7.51. The van der Waals surface area contributed by atoms with Gasteiger partial charge in [0.05, 0.1) is 12.5 Å². The number of hydrogen-bond donors (Lipinski definition) is 0. The molecule has 0 N–H and O–H groups in total. The molecule has 1 saturated heterocycles. The molecule has 2 unspecified atom stereocenters. The summed E-state index contributed by atoms with van der Waals surface area (Å²) in [7, 11) is 2.06. The second kappa shape index (κ2) is 9.20. The van der Waals surface area contributed by atoms with Crippen molar-refractivity contribution < 1.29 is 9.53 Å². The molecule has 1 heterocycles. The van der Waals surface area contributed by atoms with Gasteiger partial charge < -0.3 is 9.64 Å². The van der Waals surface area contributed by atoms with E-state index in [0.29, 0.717) is 6.61 Å². The number of piperidine rings is 1. The Bertz CT molecular complexity index is 702. The van der Waals surface area contributed by atoms with E-state index in [9.17, 15) is 4.79 Å². The van der Waals surface area contributed by atoms with Crippen molar-refractivity contribution in [2.45, 2.75) is 25.2 Å². The molecule has 3 rings (SSSR count). The van der Waals surface area contributed by atoms with Crippen molar-refractivity contribution >= 4 is 17.6 Å². The van der Waals surface area contributed by atoms with Gasteiger partial charge in [-0.2, -0.15) is 0 Å². The summed E-state index contributed by atoms with van der Waals surface area (Å²) in [6.07, 6.45) is 2.74. The Kier molecular flexibility index (Phi) is 6.70. The summed E-state index contributed by atoms with van der Waals surface area (Å²) in [6.45, 7) is 2.21. The molecular formula is C22H26ClNO2. The maximum Gasteiger partial charge on any atom is 0.310 e. The lowest BCUT2D eigenvalue weighted by molar-refractivity contribution is -0.151. The van der Waals surface area contributed by atoms with Gasteiger partial charge in [0.1, 0.15) is 0 Å². The van der Waals surface area contributed by atoms with E-state index in [1.165, 1.54) is 11.1 Å². The van der Waals surface area contributed by atoms with Crippen LogP contribution >= 0.6 is 11.6 Å². The van der Waals surface area contributed by atoms with Crippen LogP contribution in [0.4, 0.5) is 0 Å². The topological polar surface area (TPSA) is 29.5 Å². The lowest BCUT2D eigenvalue weighted by Gasteiger charge is -2.35. The van der Waals surface area contributed by atoms with Gasteiger partial charge in [-0.25, -0.2) is 0 Å². The van der Waals surface area contributed by atoms with Gasteiger partial charge >= 0.3 is 5.97 Å². The van der Waals surface area contributed by atoms with Crippen molar-refractivity contribution in [1.82, 2.24) is 4.90 Å². The second-order valence-electron chi connectivity index (χ2n) is 7.07. The minimum atomic E-state index is -0.119. The Labute approximate surface area is 160 Å². The summed E-state index contributed by atoms with van der Waals surface area (Å²) in [4.78, 5) is 14.9. The minimum absolute atomic E-state index is 0.0791. The van der Waals surface area contributed by atoms with E-state index >= 15 is 0 Å². The number of likely N-dealkylation sites (tertiary alicyclic amines) is 1. The number of carbonyl (C=O) groups excluding carboxylic acids is 1. The Morgan fingerprint density at radius 1 is 1.15 bits per heavy atom. The predicted molar refractivity (Wildman–Crippen MR) is 106 cm³/mol. The van der Waals surface area contributed by atoms with Gasteiger partial charge in [-0.15, -0.1) is 0 Å². The van der Waals surface area contributed by atoms with Crippen molar-refractivity contribution in [3.05, 3.63) is 70.7 Å². The van der Waals surface area contributed by atoms with Gasteiger partial charge in [-0.05, 0) is 62.0 Å². The number of aryl methyl sites for hydroxylation is 1. The molecule has 1 fully saturated rings. The first-order chi connectivity index (χ1) is 12.6. The summed E-state index contributed by atoms with van der Waals surface area (Å²) in [5.41, 5.74) is 2.45. The number of ether oxygens (including phenoxy) is 1. The average Bonchev–Trinajstić information content (AvgIpc) is 2.67. The highest BCUT2D eigenvalue weighted by atomic mass is 35.5. The maximum absolute atomic E-state index is 12.7. The first-order valence-corrected chi connectivity index (χ1v) is 9.66. The molecule has 0 aromatic heterocycles. The lowest BCUT2D eigenvalue weighted by atomic mass is 9.80. The van der Waals surface area contributed by atoms with Crippen LogP contribution in [0.1, 0.15) is 29.9 Å². The molecule has 0 saturated carbocycles. The summed E-state index contributed by atoms with van der Waals surface area (Å²) >= 11 is 6.01. The van der Waals surface area contributed by atoms with Crippen molar-refractivity contribution in [3.63, 3.8) is 0 Å². The van der Waals surface area contributed by atoms with Gasteiger partial charge in [0, 0.05) is 11.6 Å².